The van der Waals surface area contributed by atoms with Crippen molar-refractivity contribution in [1.29, 1.82) is 0 Å². The number of nitrogens with one attached hydrogen (secondary N) is 2. The lowest BCUT2D eigenvalue weighted by Gasteiger charge is -2.28. The van der Waals surface area contributed by atoms with Crippen molar-refractivity contribution in [2.75, 3.05) is 10.6 Å². The Bertz CT molecular complexity index is 1160. The fraction of sp³-hybridized carbons (Fsp3) is 0.120. The number of carbonyl (C=O) groups is 2. The zero-order chi connectivity index (χ0) is 22.5. The smallest absolute Gasteiger partial charge is 0.329 e. The van der Waals surface area contributed by atoms with Gasteiger partial charge >= 0.3 is 5.97 Å². The van der Waals surface area contributed by atoms with E-state index in [1.807, 2.05) is 48.5 Å². The number of para-hydroxylation sites is 1. The zero-order valence-corrected chi connectivity index (χ0v) is 18.5. The van der Waals surface area contributed by atoms with E-state index in [1.165, 1.54) is 6.08 Å². The Morgan fingerprint density at radius 2 is 1.72 bits per heavy atom. The van der Waals surface area contributed by atoms with Gasteiger partial charge in [-0.2, -0.15) is 0 Å². The van der Waals surface area contributed by atoms with E-state index in [4.69, 9.17) is 27.9 Å². The third-order valence-corrected chi connectivity index (χ3v) is 5.50. The summed E-state index contributed by atoms with van der Waals surface area (Å²) in [4.78, 5) is 25.5. The molecule has 1 aliphatic heterocycles. The van der Waals surface area contributed by atoms with E-state index in [2.05, 4.69) is 10.6 Å². The highest BCUT2D eigenvalue weighted by atomic mass is 35.5. The molecular formula is C25H20Cl2N2O3. The van der Waals surface area contributed by atoms with Gasteiger partial charge in [-0.15, -0.1) is 0 Å². The summed E-state index contributed by atoms with van der Waals surface area (Å²) < 4.78 is 5.50. The van der Waals surface area contributed by atoms with Crippen molar-refractivity contribution in [3.05, 3.63) is 100 Å². The van der Waals surface area contributed by atoms with E-state index in [0.29, 0.717) is 32.6 Å². The minimum absolute atomic E-state index is 0.161. The van der Waals surface area contributed by atoms with E-state index in [-0.39, 0.29) is 18.9 Å². The van der Waals surface area contributed by atoms with Crippen molar-refractivity contribution in [2.24, 2.45) is 0 Å². The third-order valence-electron chi connectivity index (χ3n) is 4.98. The highest BCUT2D eigenvalue weighted by Gasteiger charge is 2.30. The van der Waals surface area contributed by atoms with Crippen LogP contribution in [0.15, 0.2) is 78.9 Å². The van der Waals surface area contributed by atoms with Gasteiger partial charge in [-0.05, 0) is 35.4 Å². The first-order chi connectivity index (χ1) is 15.5. The first kappa shape index (κ1) is 21.9. The molecule has 1 amide bonds. The Hall–Kier alpha value is -3.28. The SMILES string of the molecule is O=C(C=C1CC(C(=O)OCc2ccccc2)Nc2cc(Cl)cc(Cl)c21)Nc1ccccc1. The second kappa shape index (κ2) is 9.90. The summed E-state index contributed by atoms with van der Waals surface area (Å²) in [5.41, 5.74) is 3.40. The molecule has 162 valence electrons. The molecule has 1 unspecified atom stereocenters. The molecule has 1 aliphatic rings. The number of hydrogen-bond donors (Lipinski definition) is 2. The Kier molecular flexibility index (Phi) is 6.78. The lowest BCUT2D eigenvalue weighted by atomic mass is 9.91. The van der Waals surface area contributed by atoms with Crippen molar-refractivity contribution in [1.82, 2.24) is 0 Å². The number of rotatable bonds is 5. The molecule has 0 aromatic heterocycles. The molecule has 7 heteroatoms. The molecule has 2 N–H and O–H groups in total. The molecule has 4 rings (SSSR count). The molecule has 1 heterocycles. The van der Waals surface area contributed by atoms with Crippen LogP contribution < -0.4 is 10.6 Å². The summed E-state index contributed by atoms with van der Waals surface area (Å²) in [5.74, 6) is -0.744. The van der Waals surface area contributed by atoms with Crippen molar-refractivity contribution in [3.63, 3.8) is 0 Å². The van der Waals surface area contributed by atoms with Gasteiger partial charge in [-0.25, -0.2) is 4.79 Å². The lowest BCUT2D eigenvalue weighted by Crippen LogP contribution is -2.35. The van der Waals surface area contributed by atoms with Gasteiger partial charge in [-0.1, -0.05) is 71.7 Å². The number of ether oxygens (including phenoxy) is 1. The molecule has 5 nitrogen and oxygen atoms in total. The van der Waals surface area contributed by atoms with Gasteiger partial charge in [0.05, 0.1) is 5.02 Å². The monoisotopic (exact) mass is 466 g/mol. The van der Waals surface area contributed by atoms with Crippen LogP contribution in [0.3, 0.4) is 0 Å². The molecule has 0 fully saturated rings. The number of fused-ring (bicyclic) bond motifs is 1. The number of halogens is 2. The van der Waals surface area contributed by atoms with Gasteiger partial charge < -0.3 is 15.4 Å². The van der Waals surface area contributed by atoms with E-state index in [1.54, 1.807) is 24.3 Å². The van der Waals surface area contributed by atoms with Crippen molar-refractivity contribution >= 4 is 52.0 Å². The van der Waals surface area contributed by atoms with Crippen LogP contribution in [-0.4, -0.2) is 17.9 Å². The average molecular weight is 467 g/mol. The van der Waals surface area contributed by atoms with Gasteiger partial charge in [0, 0.05) is 34.5 Å². The summed E-state index contributed by atoms with van der Waals surface area (Å²) >= 11 is 12.6. The summed E-state index contributed by atoms with van der Waals surface area (Å²) in [5, 5.41) is 6.79. The molecule has 0 aliphatic carbocycles. The first-order valence-electron chi connectivity index (χ1n) is 10.0. The number of carbonyl (C=O) groups excluding carboxylic acids is 2. The molecule has 32 heavy (non-hydrogen) atoms. The van der Waals surface area contributed by atoms with E-state index >= 15 is 0 Å². The summed E-state index contributed by atoms with van der Waals surface area (Å²) in [7, 11) is 0. The lowest BCUT2D eigenvalue weighted by molar-refractivity contribution is -0.145. The Labute approximate surface area is 196 Å². The Balaban J connectivity index is 1.57. The quantitative estimate of drug-likeness (QED) is 0.360. The highest BCUT2D eigenvalue weighted by molar-refractivity contribution is 6.36. The highest BCUT2D eigenvalue weighted by Crippen LogP contribution is 2.40. The first-order valence-corrected chi connectivity index (χ1v) is 10.8. The van der Waals surface area contributed by atoms with Gasteiger partial charge in [0.15, 0.2) is 0 Å². The topological polar surface area (TPSA) is 67.4 Å². The van der Waals surface area contributed by atoms with Crippen LogP contribution in [0.4, 0.5) is 11.4 Å². The van der Waals surface area contributed by atoms with Crippen LogP contribution in [0.1, 0.15) is 17.5 Å². The minimum atomic E-state index is -0.684. The molecule has 1 atom stereocenters. The fourth-order valence-corrected chi connectivity index (χ4v) is 4.15. The summed E-state index contributed by atoms with van der Waals surface area (Å²) in [6, 6.07) is 21.2. The van der Waals surface area contributed by atoms with Gasteiger partial charge in [0.2, 0.25) is 5.91 Å². The normalized spacial score (nSPS) is 16.1. The fourth-order valence-electron chi connectivity index (χ4n) is 3.54. The van der Waals surface area contributed by atoms with Crippen molar-refractivity contribution in [3.8, 4) is 0 Å². The zero-order valence-electron chi connectivity index (χ0n) is 17.0. The standard InChI is InChI=1S/C25H20Cl2N2O3/c26-18-13-20(27)24-17(12-23(30)28-19-9-5-2-6-10-19)11-22(29-21(24)14-18)25(31)32-15-16-7-3-1-4-8-16/h1-10,12-14,22,29H,11,15H2,(H,28,30). The molecular weight excluding hydrogens is 447 g/mol. The molecule has 3 aromatic rings. The van der Waals surface area contributed by atoms with Crippen molar-refractivity contribution in [2.45, 2.75) is 19.1 Å². The molecule has 0 saturated carbocycles. The van der Waals surface area contributed by atoms with Crippen LogP contribution in [0, 0.1) is 0 Å². The number of benzene rings is 3. The molecule has 0 radical (unpaired) electrons. The summed E-state index contributed by atoms with van der Waals surface area (Å²) in [6.07, 6.45) is 1.70. The second-order valence-electron chi connectivity index (χ2n) is 7.33. The summed E-state index contributed by atoms with van der Waals surface area (Å²) in [6.45, 7) is 0.161. The molecule has 0 spiro atoms. The number of amides is 1. The van der Waals surface area contributed by atoms with Gasteiger partial charge in [0.1, 0.15) is 12.6 Å². The average Bonchev–Trinajstić information content (AvgIpc) is 2.78. The molecule has 3 aromatic carbocycles. The maximum absolute atomic E-state index is 12.8. The maximum Gasteiger partial charge on any atom is 0.329 e. The van der Waals surface area contributed by atoms with Crippen LogP contribution in [0.25, 0.3) is 5.57 Å². The number of anilines is 2. The van der Waals surface area contributed by atoms with Crippen LogP contribution in [0.2, 0.25) is 10.0 Å². The predicted octanol–water partition coefficient (Wildman–Crippen LogP) is 5.94. The van der Waals surface area contributed by atoms with Crippen LogP contribution in [-0.2, 0) is 20.9 Å². The molecule has 0 saturated heterocycles. The number of hydrogen-bond acceptors (Lipinski definition) is 4. The molecule has 0 bridgehead atoms. The number of esters is 1. The van der Waals surface area contributed by atoms with E-state index in [0.717, 1.165) is 5.56 Å². The van der Waals surface area contributed by atoms with Gasteiger partial charge in [-0.3, -0.25) is 4.79 Å². The Morgan fingerprint density at radius 3 is 2.44 bits per heavy atom. The van der Waals surface area contributed by atoms with Crippen molar-refractivity contribution < 1.29 is 14.3 Å². The van der Waals surface area contributed by atoms with E-state index in [9.17, 15) is 9.59 Å². The van der Waals surface area contributed by atoms with E-state index < -0.39 is 12.0 Å². The van der Waals surface area contributed by atoms with Crippen LogP contribution in [0.5, 0.6) is 0 Å². The van der Waals surface area contributed by atoms with Gasteiger partial charge in [0.25, 0.3) is 0 Å². The minimum Gasteiger partial charge on any atom is -0.459 e. The van der Waals surface area contributed by atoms with Crippen LogP contribution >= 0.6 is 23.2 Å². The largest absolute Gasteiger partial charge is 0.459 e. The Morgan fingerprint density at radius 1 is 1.03 bits per heavy atom. The third kappa shape index (κ3) is 5.31. The maximum atomic E-state index is 12.8. The second-order valence-corrected chi connectivity index (χ2v) is 8.17. The predicted molar refractivity (Wildman–Crippen MR) is 128 cm³/mol.